The summed E-state index contributed by atoms with van der Waals surface area (Å²) in [5, 5.41) is 7.35. The number of rotatable bonds is 3. The van der Waals surface area contributed by atoms with Gasteiger partial charge in [-0.1, -0.05) is 31.0 Å². The molecule has 3 rings (SSSR count). The van der Waals surface area contributed by atoms with Gasteiger partial charge in [0.25, 0.3) is 0 Å². The van der Waals surface area contributed by atoms with E-state index in [2.05, 4.69) is 10.6 Å². The van der Waals surface area contributed by atoms with Crippen LogP contribution < -0.4 is 10.6 Å². The van der Waals surface area contributed by atoms with Gasteiger partial charge in [-0.15, -0.1) is 0 Å². The molecule has 1 heterocycles. The number of nitrogens with one attached hydrogen (secondary N) is 2. The second-order valence-corrected chi connectivity index (χ2v) is 5.62. The number of furan rings is 1. The van der Waals surface area contributed by atoms with Crippen LogP contribution >= 0.6 is 12.2 Å². The van der Waals surface area contributed by atoms with Gasteiger partial charge < -0.3 is 15.1 Å². The molecule has 4 heteroatoms. The van der Waals surface area contributed by atoms with Crippen molar-refractivity contribution in [3.63, 3.8) is 0 Å². The zero-order valence-electron chi connectivity index (χ0n) is 11.3. The molecule has 0 unspecified atom stereocenters. The van der Waals surface area contributed by atoms with E-state index in [0.717, 1.165) is 24.3 Å². The van der Waals surface area contributed by atoms with E-state index in [1.54, 1.807) is 6.26 Å². The average molecular weight is 286 g/mol. The molecule has 1 fully saturated rings. The lowest BCUT2D eigenvalue weighted by Crippen LogP contribution is -2.45. The molecule has 104 valence electrons. The third-order valence-electron chi connectivity index (χ3n) is 3.83. The molecule has 0 atom stereocenters. The van der Waals surface area contributed by atoms with Crippen LogP contribution in [0.4, 0.5) is 5.69 Å². The van der Waals surface area contributed by atoms with Gasteiger partial charge in [0, 0.05) is 5.69 Å². The van der Waals surface area contributed by atoms with E-state index in [1.807, 2.05) is 42.5 Å². The van der Waals surface area contributed by atoms with Crippen LogP contribution in [0.15, 0.2) is 53.1 Å². The lowest BCUT2D eigenvalue weighted by Gasteiger charge is -2.29. The number of para-hydroxylation sites is 1. The molecule has 0 bridgehead atoms. The summed E-state index contributed by atoms with van der Waals surface area (Å²) >= 11 is 5.45. The largest absolute Gasteiger partial charge is 0.467 e. The predicted molar refractivity (Wildman–Crippen MR) is 84.7 cm³/mol. The van der Waals surface area contributed by atoms with Crippen molar-refractivity contribution in [1.82, 2.24) is 5.32 Å². The summed E-state index contributed by atoms with van der Waals surface area (Å²) in [4.78, 5) is 0. The van der Waals surface area contributed by atoms with Gasteiger partial charge in [0.15, 0.2) is 5.11 Å². The first-order valence-electron chi connectivity index (χ1n) is 6.97. The van der Waals surface area contributed by atoms with Crippen molar-refractivity contribution >= 4 is 23.0 Å². The van der Waals surface area contributed by atoms with Gasteiger partial charge in [-0.3, -0.25) is 0 Å². The fraction of sp³-hybridized carbons (Fsp3) is 0.312. The second-order valence-electron chi connectivity index (χ2n) is 5.21. The van der Waals surface area contributed by atoms with E-state index >= 15 is 0 Å². The minimum Gasteiger partial charge on any atom is -0.467 e. The van der Waals surface area contributed by atoms with E-state index in [0.29, 0.717) is 5.11 Å². The first-order chi connectivity index (χ1) is 9.78. The molecule has 0 amide bonds. The van der Waals surface area contributed by atoms with Gasteiger partial charge in [0.2, 0.25) is 0 Å². The van der Waals surface area contributed by atoms with Crippen molar-refractivity contribution in [2.24, 2.45) is 0 Å². The zero-order valence-corrected chi connectivity index (χ0v) is 12.1. The molecule has 3 nitrogen and oxygen atoms in total. The van der Waals surface area contributed by atoms with Crippen molar-refractivity contribution in [2.45, 2.75) is 31.2 Å². The van der Waals surface area contributed by atoms with Gasteiger partial charge in [0.1, 0.15) is 5.76 Å². The maximum Gasteiger partial charge on any atom is 0.171 e. The Labute approximate surface area is 124 Å². The van der Waals surface area contributed by atoms with Crippen LogP contribution in [0.1, 0.15) is 31.4 Å². The van der Waals surface area contributed by atoms with Gasteiger partial charge >= 0.3 is 0 Å². The number of benzene rings is 1. The Morgan fingerprint density at radius 2 is 1.80 bits per heavy atom. The van der Waals surface area contributed by atoms with E-state index < -0.39 is 0 Å². The number of thiocarbonyl (C=S) groups is 1. The van der Waals surface area contributed by atoms with Crippen LogP contribution in [0.25, 0.3) is 0 Å². The predicted octanol–water partition coefficient (Wildman–Crippen LogP) is 4.04. The number of hydrogen-bond acceptors (Lipinski definition) is 2. The zero-order chi connectivity index (χ0) is 13.8. The van der Waals surface area contributed by atoms with Crippen molar-refractivity contribution < 1.29 is 4.42 Å². The van der Waals surface area contributed by atoms with Crippen LogP contribution in [0.3, 0.4) is 0 Å². The molecular formula is C16H18N2OS. The van der Waals surface area contributed by atoms with E-state index in [1.165, 1.54) is 12.8 Å². The number of anilines is 1. The molecule has 0 aliphatic heterocycles. The highest BCUT2D eigenvalue weighted by atomic mass is 32.1. The third kappa shape index (κ3) is 2.70. The Hall–Kier alpha value is -1.81. The summed E-state index contributed by atoms with van der Waals surface area (Å²) in [5.41, 5.74) is 0.847. The Morgan fingerprint density at radius 1 is 1.05 bits per heavy atom. The standard InChI is InChI=1S/C16H18N2OS/c20-15(17-13-7-2-1-3-8-13)18-16(10-4-5-11-16)14-9-6-12-19-14/h1-3,6-9,12H,4-5,10-11H2,(H2,17,18,20). The maximum atomic E-state index is 5.62. The monoisotopic (exact) mass is 286 g/mol. The molecule has 1 aromatic heterocycles. The molecule has 20 heavy (non-hydrogen) atoms. The molecular weight excluding hydrogens is 268 g/mol. The molecule has 1 saturated carbocycles. The normalized spacial score (nSPS) is 16.8. The van der Waals surface area contributed by atoms with E-state index in [-0.39, 0.29) is 5.54 Å². The summed E-state index contributed by atoms with van der Waals surface area (Å²) in [6.07, 6.45) is 6.22. The summed E-state index contributed by atoms with van der Waals surface area (Å²) < 4.78 is 5.62. The summed E-state index contributed by atoms with van der Waals surface area (Å²) in [6, 6.07) is 13.9. The quantitative estimate of drug-likeness (QED) is 0.835. The smallest absolute Gasteiger partial charge is 0.171 e. The number of hydrogen-bond donors (Lipinski definition) is 2. The van der Waals surface area contributed by atoms with E-state index in [4.69, 9.17) is 16.6 Å². The van der Waals surface area contributed by atoms with Crippen LogP contribution in [-0.4, -0.2) is 5.11 Å². The molecule has 2 aromatic rings. The van der Waals surface area contributed by atoms with Gasteiger partial charge in [-0.25, -0.2) is 0 Å². The van der Waals surface area contributed by atoms with Gasteiger partial charge in [0.05, 0.1) is 11.8 Å². The fourth-order valence-corrected chi connectivity index (χ4v) is 3.18. The van der Waals surface area contributed by atoms with Crippen LogP contribution in [0.5, 0.6) is 0 Å². The Morgan fingerprint density at radius 3 is 2.45 bits per heavy atom. The summed E-state index contributed by atoms with van der Waals surface area (Å²) in [7, 11) is 0. The Kier molecular flexibility index (Phi) is 3.74. The van der Waals surface area contributed by atoms with Crippen LogP contribution in [0.2, 0.25) is 0 Å². The SMILES string of the molecule is S=C(Nc1ccccc1)NC1(c2ccco2)CCCC1. The maximum absolute atomic E-state index is 5.62. The first kappa shape index (κ1) is 13.2. The van der Waals surface area contributed by atoms with E-state index in [9.17, 15) is 0 Å². The van der Waals surface area contributed by atoms with Crippen molar-refractivity contribution in [2.75, 3.05) is 5.32 Å². The lowest BCUT2D eigenvalue weighted by molar-refractivity contribution is 0.317. The summed E-state index contributed by atoms with van der Waals surface area (Å²) in [6.45, 7) is 0. The highest BCUT2D eigenvalue weighted by Gasteiger charge is 2.38. The minimum atomic E-state index is -0.150. The molecule has 0 spiro atoms. The molecule has 2 N–H and O–H groups in total. The summed E-state index contributed by atoms with van der Waals surface area (Å²) in [5.74, 6) is 0.979. The van der Waals surface area contributed by atoms with Gasteiger partial charge in [-0.2, -0.15) is 0 Å². The van der Waals surface area contributed by atoms with Crippen molar-refractivity contribution in [3.8, 4) is 0 Å². The minimum absolute atomic E-state index is 0.150. The fourth-order valence-electron chi connectivity index (χ4n) is 2.86. The van der Waals surface area contributed by atoms with Crippen molar-refractivity contribution in [3.05, 3.63) is 54.5 Å². The average Bonchev–Trinajstić information content (AvgIpc) is 3.10. The van der Waals surface area contributed by atoms with Crippen molar-refractivity contribution in [1.29, 1.82) is 0 Å². The topological polar surface area (TPSA) is 37.2 Å². The second kappa shape index (κ2) is 5.67. The Balaban J connectivity index is 1.73. The lowest BCUT2D eigenvalue weighted by atomic mass is 9.94. The first-order valence-corrected chi connectivity index (χ1v) is 7.38. The molecule has 1 aromatic carbocycles. The molecule has 0 radical (unpaired) electrons. The van der Waals surface area contributed by atoms with Crippen LogP contribution in [-0.2, 0) is 5.54 Å². The molecule has 0 saturated heterocycles. The highest BCUT2D eigenvalue weighted by Crippen LogP contribution is 2.39. The highest BCUT2D eigenvalue weighted by molar-refractivity contribution is 7.80. The van der Waals surface area contributed by atoms with Crippen LogP contribution in [0, 0.1) is 0 Å². The van der Waals surface area contributed by atoms with Gasteiger partial charge in [-0.05, 0) is 49.3 Å². The third-order valence-corrected chi connectivity index (χ3v) is 4.04. The Bertz CT molecular complexity index is 559. The molecule has 1 aliphatic rings. The molecule has 1 aliphatic carbocycles.